The van der Waals surface area contributed by atoms with E-state index in [0.717, 1.165) is 6.04 Å². The number of nitriles is 1. The monoisotopic (exact) mass is 338 g/mol. The van der Waals surface area contributed by atoms with Crippen LogP contribution in [0, 0.1) is 11.3 Å². The summed E-state index contributed by atoms with van der Waals surface area (Å²) in [5.41, 5.74) is -0.486. The molecule has 0 aliphatic heterocycles. The first kappa shape index (κ1) is 19.2. The summed E-state index contributed by atoms with van der Waals surface area (Å²) in [6.45, 7) is 13.0. The molecule has 0 aliphatic rings. The number of ether oxygens (including phenoxy) is 2. The molecule has 1 aromatic rings. The fraction of sp³-hybridized carbons (Fsp3) is 0.667. The topological polar surface area (TPSA) is 89.2 Å². The summed E-state index contributed by atoms with van der Waals surface area (Å²) >= 11 is 0. The SMILES string of the molecule is CC(C)(C)OC(=O)Nc1c(C#N)ncn1COCC[Si](C)(C)C. The van der Waals surface area contributed by atoms with E-state index in [1.807, 2.05) is 6.07 Å². The molecule has 8 heteroatoms. The molecule has 1 amide bonds. The Morgan fingerprint density at radius 3 is 2.61 bits per heavy atom. The van der Waals surface area contributed by atoms with Gasteiger partial charge in [-0.25, -0.2) is 9.78 Å². The Morgan fingerprint density at radius 2 is 2.09 bits per heavy atom. The summed E-state index contributed by atoms with van der Waals surface area (Å²) in [7, 11) is -1.16. The van der Waals surface area contributed by atoms with Gasteiger partial charge in [-0.3, -0.25) is 9.88 Å². The van der Waals surface area contributed by atoms with Crippen LogP contribution >= 0.6 is 0 Å². The van der Waals surface area contributed by atoms with Crippen molar-refractivity contribution in [3.63, 3.8) is 0 Å². The minimum absolute atomic E-state index is 0.129. The first-order valence-corrected chi connectivity index (χ1v) is 11.3. The number of carbonyl (C=O) groups is 1. The Hall–Kier alpha value is -1.85. The molecule has 7 nitrogen and oxygen atoms in total. The van der Waals surface area contributed by atoms with Gasteiger partial charge in [-0.2, -0.15) is 5.26 Å². The molecule has 0 fully saturated rings. The molecule has 23 heavy (non-hydrogen) atoms. The molecule has 0 unspecified atom stereocenters. The maximum atomic E-state index is 11.9. The largest absolute Gasteiger partial charge is 0.444 e. The van der Waals surface area contributed by atoms with Gasteiger partial charge < -0.3 is 9.47 Å². The van der Waals surface area contributed by atoms with Crippen LogP contribution in [0.2, 0.25) is 25.7 Å². The molecule has 0 saturated carbocycles. The zero-order chi connectivity index (χ0) is 17.7. The average molecular weight is 338 g/mol. The minimum Gasteiger partial charge on any atom is -0.444 e. The molecule has 1 aromatic heterocycles. The highest BCUT2D eigenvalue weighted by molar-refractivity contribution is 6.76. The maximum absolute atomic E-state index is 11.9. The van der Waals surface area contributed by atoms with Gasteiger partial charge in [0.2, 0.25) is 0 Å². The third kappa shape index (κ3) is 7.30. The molecule has 0 aromatic carbocycles. The second-order valence-electron chi connectivity index (χ2n) is 7.50. The van der Waals surface area contributed by atoms with E-state index in [9.17, 15) is 4.79 Å². The lowest BCUT2D eigenvalue weighted by atomic mass is 10.2. The van der Waals surface area contributed by atoms with E-state index in [1.54, 1.807) is 25.3 Å². The van der Waals surface area contributed by atoms with Crippen LogP contribution in [0.3, 0.4) is 0 Å². The molecule has 0 spiro atoms. The fourth-order valence-corrected chi connectivity index (χ4v) is 2.39. The van der Waals surface area contributed by atoms with Gasteiger partial charge in [0.15, 0.2) is 11.5 Å². The zero-order valence-electron chi connectivity index (χ0n) is 14.8. The quantitative estimate of drug-likeness (QED) is 0.634. The summed E-state index contributed by atoms with van der Waals surface area (Å²) in [6.07, 6.45) is 0.845. The second-order valence-corrected chi connectivity index (χ2v) is 13.1. The van der Waals surface area contributed by atoms with Crippen LogP contribution < -0.4 is 5.32 Å². The second kappa shape index (κ2) is 7.61. The third-order valence-corrected chi connectivity index (χ3v) is 4.49. The van der Waals surface area contributed by atoms with E-state index in [2.05, 4.69) is 29.9 Å². The number of nitrogens with one attached hydrogen (secondary N) is 1. The summed E-state index contributed by atoms with van der Waals surface area (Å²) in [6, 6.07) is 2.99. The van der Waals surface area contributed by atoms with Crippen molar-refractivity contribution in [3.8, 4) is 6.07 Å². The summed E-state index contributed by atoms with van der Waals surface area (Å²) in [5.74, 6) is 0.287. The number of imidazole rings is 1. The van der Waals surface area contributed by atoms with Crippen molar-refractivity contribution in [2.75, 3.05) is 11.9 Å². The molecular weight excluding hydrogens is 312 g/mol. The molecule has 1 N–H and O–H groups in total. The number of hydrogen-bond donors (Lipinski definition) is 1. The van der Waals surface area contributed by atoms with Crippen molar-refractivity contribution >= 4 is 20.0 Å². The van der Waals surface area contributed by atoms with Crippen LogP contribution in [0.15, 0.2) is 6.33 Å². The van der Waals surface area contributed by atoms with Gasteiger partial charge in [-0.15, -0.1) is 0 Å². The number of aromatic nitrogens is 2. The van der Waals surface area contributed by atoms with Gasteiger partial charge in [-0.1, -0.05) is 19.6 Å². The molecule has 0 atom stereocenters. The van der Waals surface area contributed by atoms with Gasteiger partial charge in [0.25, 0.3) is 0 Å². The smallest absolute Gasteiger partial charge is 0.413 e. The highest BCUT2D eigenvalue weighted by Crippen LogP contribution is 2.16. The van der Waals surface area contributed by atoms with Crippen molar-refractivity contribution in [1.82, 2.24) is 9.55 Å². The van der Waals surface area contributed by atoms with Crippen LogP contribution in [-0.2, 0) is 16.2 Å². The number of carbonyl (C=O) groups excluding carboxylic acids is 1. The molecule has 0 bridgehead atoms. The fourth-order valence-electron chi connectivity index (χ4n) is 1.63. The number of hydrogen-bond acceptors (Lipinski definition) is 5. The Labute approximate surface area is 138 Å². The molecule has 0 aliphatic carbocycles. The molecule has 0 saturated heterocycles. The normalized spacial score (nSPS) is 11.9. The summed E-state index contributed by atoms with van der Waals surface area (Å²) < 4.78 is 12.4. The summed E-state index contributed by atoms with van der Waals surface area (Å²) in [5, 5.41) is 11.7. The van der Waals surface area contributed by atoms with Crippen molar-refractivity contribution < 1.29 is 14.3 Å². The minimum atomic E-state index is -1.16. The van der Waals surface area contributed by atoms with E-state index in [4.69, 9.17) is 14.7 Å². The van der Waals surface area contributed by atoms with E-state index in [-0.39, 0.29) is 18.2 Å². The van der Waals surface area contributed by atoms with Gasteiger partial charge >= 0.3 is 6.09 Å². The van der Waals surface area contributed by atoms with E-state index >= 15 is 0 Å². The van der Waals surface area contributed by atoms with Crippen LogP contribution in [-0.4, -0.2) is 35.9 Å². The van der Waals surface area contributed by atoms with E-state index in [0.29, 0.717) is 6.61 Å². The van der Waals surface area contributed by atoms with E-state index < -0.39 is 19.8 Å². The van der Waals surface area contributed by atoms with Gasteiger partial charge in [0, 0.05) is 14.7 Å². The lowest BCUT2D eigenvalue weighted by Gasteiger charge is -2.20. The average Bonchev–Trinajstić information content (AvgIpc) is 2.73. The Bertz CT molecular complexity index is 579. The van der Waals surface area contributed by atoms with Gasteiger partial charge in [0.05, 0.1) is 6.33 Å². The van der Waals surface area contributed by atoms with Crippen molar-refractivity contribution in [3.05, 3.63) is 12.0 Å². The molecule has 128 valence electrons. The predicted molar refractivity (Wildman–Crippen MR) is 90.9 cm³/mol. The number of nitrogens with zero attached hydrogens (tertiary/aromatic N) is 3. The lowest BCUT2D eigenvalue weighted by molar-refractivity contribution is 0.0629. The Balaban J connectivity index is 2.69. The highest BCUT2D eigenvalue weighted by atomic mass is 28.3. The molecule has 1 heterocycles. The maximum Gasteiger partial charge on any atom is 0.413 e. The Kier molecular flexibility index (Phi) is 6.35. The zero-order valence-corrected chi connectivity index (χ0v) is 15.8. The number of amides is 1. The van der Waals surface area contributed by atoms with Crippen LogP contribution in [0.1, 0.15) is 26.5 Å². The van der Waals surface area contributed by atoms with Crippen molar-refractivity contribution in [2.45, 2.75) is 58.8 Å². The number of anilines is 1. The van der Waals surface area contributed by atoms with Gasteiger partial charge in [-0.05, 0) is 26.8 Å². The Morgan fingerprint density at radius 1 is 1.43 bits per heavy atom. The molecular formula is C15H26N4O3Si. The van der Waals surface area contributed by atoms with Crippen molar-refractivity contribution in [1.29, 1.82) is 5.26 Å². The third-order valence-electron chi connectivity index (χ3n) is 2.79. The standard InChI is InChI=1S/C15H26N4O3Si/c1-15(2,3)22-14(20)18-13-12(9-16)17-10-19(13)11-21-7-8-23(4,5)6/h10H,7-8,11H2,1-6H3,(H,18,20). The lowest BCUT2D eigenvalue weighted by Crippen LogP contribution is -2.28. The molecule has 1 rings (SSSR count). The van der Waals surface area contributed by atoms with Crippen LogP contribution in [0.5, 0.6) is 0 Å². The van der Waals surface area contributed by atoms with E-state index in [1.165, 1.54) is 6.33 Å². The summed E-state index contributed by atoms with van der Waals surface area (Å²) in [4.78, 5) is 15.9. The molecule has 0 radical (unpaired) electrons. The highest BCUT2D eigenvalue weighted by Gasteiger charge is 2.20. The first-order chi connectivity index (χ1) is 10.5. The van der Waals surface area contributed by atoms with Crippen molar-refractivity contribution in [2.24, 2.45) is 0 Å². The number of rotatable bonds is 6. The predicted octanol–water partition coefficient (Wildman–Crippen LogP) is 3.41. The van der Waals surface area contributed by atoms with Gasteiger partial charge in [0.1, 0.15) is 18.4 Å². The van der Waals surface area contributed by atoms with Crippen LogP contribution in [0.25, 0.3) is 0 Å². The first-order valence-electron chi connectivity index (χ1n) is 7.55. The van der Waals surface area contributed by atoms with Crippen LogP contribution in [0.4, 0.5) is 10.6 Å².